The lowest BCUT2D eigenvalue weighted by molar-refractivity contribution is -0.117. The van der Waals surface area contributed by atoms with E-state index in [1.807, 2.05) is 0 Å². The van der Waals surface area contributed by atoms with E-state index in [0.29, 0.717) is 22.0 Å². The molecule has 0 saturated carbocycles. The Labute approximate surface area is 134 Å². The van der Waals surface area contributed by atoms with E-state index < -0.39 is 15.4 Å². The fourth-order valence-corrected chi connectivity index (χ4v) is 4.73. The van der Waals surface area contributed by atoms with Crippen LogP contribution in [0.4, 0.5) is 0 Å². The molecule has 1 aliphatic rings. The van der Waals surface area contributed by atoms with E-state index in [-0.39, 0.29) is 17.4 Å². The highest BCUT2D eigenvalue weighted by Crippen LogP contribution is 2.26. The Morgan fingerprint density at radius 1 is 1.38 bits per heavy atom. The molecular formula is C14H15Cl2NO3S. The Balaban J connectivity index is 2.05. The van der Waals surface area contributed by atoms with E-state index in [4.69, 9.17) is 23.2 Å². The maximum absolute atomic E-state index is 11.9. The fraction of sp³-hybridized carbons (Fsp3) is 0.357. The maximum atomic E-state index is 11.9. The Hall–Kier alpha value is -1.04. The molecule has 0 aliphatic carbocycles. The van der Waals surface area contributed by atoms with Gasteiger partial charge in [-0.1, -0.05) is 35.3 Å². The molecule has 1 N–H and O–H groups in total. The van der Waals surface area contributed by atoms with Crippen LogP contribution in [0.2, 0.25) is 10.0 Å². The molecule has 7 heteroatoms. The first-order valence-electron chi connectivity index (χ1n) is 6.35. The van der Waals surface area contributed by atoms with E-state index in [2.05, 4.69) is 5.32 Å². The second kappa shape index (κ2) is 5.99. The van der Waals surface area contributed by atoms with Gasteiger partial charge in [0.15, 0.2) is 9.84 Å². The van der Waals surface area contributed by atoms with Crippen molar-refractivity contribution in [3.63, 3.8) is 0 Å². The fourth-order valence-electron chi connectivity index (χ4n) is 2.26. The van der Waals surface area contributed by atoms with Crippen LogP contribution in [0.5, 0.6) is 0 Å². The minimum Gasteiger partial charge on any atom is -0.346 e. The Kier molecular flexibility index (Phi) is 4.66. The molecule has 1 aliphatic heterocycles. The molecule has 4 nitrogen and oxygen atoms in total. The van der Waals surface area contributed by atoms with Gasteiger partial charge in [-0.15, -0.1) is 0 Å². The SMILES string of the molecule is CC1(NC(=O)/C=C/c2cccc(Cl)c2Cl)CCS(=O)(=O)C1. The van der Waals surface area contributed by atoms with Crippen LogP contribution in [0.3, 0.4) is 0 Å². The smallest absolute Gasteiger partial charge is 0.244 e. The van der Waals surface area contributed by atoms with Crippen molar-refractivity contribution in [1.29, 1.82) is 0 Å². The maximum Gasteiger partial charge on any atom is 0.244 e. The zero-order valence-corrected chi connectivity index (χ0v) is 13.7. The van der Waals surface area contributed by atoms with Gasteiger partial charge in [-0.3, -0.25) is 4.79 Å². The van der Waals surface area contributed by atoms with Gasteiger partial charge in [0.25, 0.3) is 0 Å². The van der Waals surface area contributed by atoms with Gasteiger partial charge < -0.3 is 5.32 Å². The minimum absolute atomic E-state index is 0.0303. The average molecular weight is 348 g/mol. The quantitative estimate of drug-likeness (QED) is 0.855. The van der Waals surface area contributed by atoms with Crippen LogP contribution in [0.15, 0.2) is 24.3 Å². The monoisotopic (exact) mass is 347 g/mol. The first-order valence-corrected chi connectivity index (χ1v) is 8.93. The van der Waals surface area contributed by atoms with Gasteiger partial charge in [-0.25, -0.2) is 8.42 Å². The molecule has 0 aromatic heterocycles. The van der Waals surface area contributed by atoms with Crippen LogP contribution >= 0.6 is 23.2 Å². The molecule has 114 valence electrons. The summed E-state index contributed by atoms with van der Waals surface area (Å²) in [7, 11) is -3.06. The molecular weight excluding hydrogens is 333 g/mol. The molecule has 0 bridgehead atoms. The summed E-state index contributed by atoms with van der Waals surface area (Å²) < 4.78 is 23.0. The van der Waals surface area contributed by atoms with Crippen molar-refractivity contribution in [2.24, 2.45) is 0 Å². The summed E-state index contributed by atoms with van der Waals surface area (Å²) >= 11 is 11.9. The predicted molar refractivity (Wildman–Crippen MR) is 85.3 cm³/mol. The molecule has 2 rings (SSSR count). The molecule has 0 spiro atoms. The minimum atomic E-state index is -3.06. The summed E-state index contributed by atoms with van der Waals surface area (Å²) in [6, 6.07) is 5.13. The third-order valence-corrected chi connectivity index (χ3v) is 6.06. The van der Waals surface area contributed by atoms with E-state index in [1.165, 1.54) is 6.08 Å². The van der Waals surface area contributed by atoms with E-state index in [1.54, 1.807) is 31.2 Å². The van der Waals surface area contributed by atoms with Crippen molar-refractivity contribution < 1.29 is 13.2 Å². The lowest BCUT2D eigenvalue weighted by Gasteiger charge is -2.22. The predicted octanol–water partition coefficient (Wildman–Crippen LogP) is 2.70. The summed E-state index contributed by atoms with van der Waals surface area (Å²) in [6.45, 7) is 1.73. The van der Waals surface area contributed by atoms with Crippen molar-refractivity contribution in [1.82, 2.24) is 5.32 Å². The molecule has 1 aromatic rings. The molecule has 1 amide bonds. The van der Waals surface area contributed by atoms with Gasteiger partial charge in [0, 0.05) is 6.08 Å². The van der Waals surface area contributed by atoms with Crippen molar-refractivity contribution in [2.75, 3.05) is 11.5 Å². The number of hydrogen-bond acceptors (Lipinski definition) is 3. The van der Waals surface area contributed by atoms with Crippen molar-refractivity contribution >= 4 is 45.0 Å². The summed E-state index contributed by atoms with van der Waals surface area (Å²) in [6.07, 6.45) is 3.30. The summed E-state index contributed by atoms with van der Waals surface area (Å²) in [5.74, 6) is -0.281. The number of carbonyl (C=O) groups is 1. The van der Waals surface area contributed by atoms with E-state index >= 15 is 0 Å². The van der Waals surface area contributed by atoms with Crippen LogP contribution in [-0.4, -0.2) is 31.4 Å². The van der Waals surface area contributed by atoms with Crippen LogP contribution < -0.4 is 5.32 Å². The van der Waals surface area contributed by atoms with Gasteiger partial charge >= 0.3 is 0 Å². The third-order valence-electron chi connectivity index (χ3n) is 3.32. The third kappa shape index (κ3) is 4.22. The highest BCUT2D eigenvalue weighted by molar-refractivity contribution is 7.91. The van der Waals surface area contributed by atoms with Crippen molar-refractivity contribution in [2.45, 2.75) is 18.9 Å². The van der Waals surface area contributed by atoms with Crippen molar-refractivity contribution in [3.8, 4) is 0 Å². The highest BCUT2D eigenvalue weighted by Gasteiger charge is 2.39. The number of carbonyl (C=O) groups excluding carboxylic acids is 1. The van der Waals surface area contributed by atoms with E-state index in [9.17, 15) is 13.2 Å². The van der Waals surface area contributed by atoms with Gasteiger partial charge in [-0.05, 0) is 31.1 Å². The van der Waals surface area contributed by atoms with E-state index in [0.717, 1.165) is 0 Å². The molecule has 1 atom stereocenters. The average Bonchev–Trinajstić information content (AvgIpc) is 2.65. The van der Waals surface area contributed by atoms with Crippen LogP contribution in [0, 0.1) is 0 Å². The molecule has 21 heavy (non-hydrogen) atoms. The van der Waals surface area contributed by atoms with Crippen LogP contribution in [-0.2, 0) is 14.6 Å². The Morgan fingerprint density at radius 3 is 2.71 bits per heavy atom. The highest BCUT2D eigenvalue weighted by atomic mass is 35.5. The molecule has 1 heterocycles. The summed E-state index contributed by atoms with van der Waals surface area (Å²) in [5, 5.41) is 3.52. The second-order valence-electron chi connectivity index (χ2n) is 5.37. The Morgan fingerprint density at radius 2 is 2.10 bits per heavy atom. The number of rotatable bonds is 3. The molecule has 1 unspecified atom stereocenters. The molecule has 1 aromatic carbocycles. The van der Waals surface area contributed by atoms with Crippen molar-refractivity contribution in [3.05, 3.63) is 39.9 Å². The van der Waals surface area contributed by atoms with Gasteiger partial charge in [-0.2, -0.15) is 0 Å². The zero-order chi connectivity index (χ0) is 15.7. The zero-order valence-electron chi connectivity index (χ0n) is 11.4. The number of sulfone groups is 1. The number of hydrogen-bond donors (Lipinski definition) is 1. The number of amides is 1. The normalized spacial score (nSPS) is 24.3. The van der Waals surface area contributed by atoms with Gasteiger partial charge in [0.1, 0.15) is 0 Å². The Bertz CT molecular complexity index is 700. The lowest BCUT2D eigenvalue weighted by atomic mass is 10.0. The summed E-state index contributed by atoms with van der Waals surface area (Å²) in [5.41, 5.74) is -0.0817. The van der Waals surface area contributed by atoms with Gasteiger partial charge in [0.2, 0.25) is 5.91 Å². The summed E-state index contributed by atoms with van der Waals surface area (Å²) in [4.78, 5) is 11.9. The first kappa shape index (κ1) is 16.3. The lowest BCUT2D eigenvalue weighted by Crippen LogP contribution is -2.46. The second-order valence-corrected chi connectivity index (χ2v) is 8.34. The first-order chi connectivity index (χ1) is 9.71. The molecule has 1 saturated heterocycles. The standard InChI is InChI=1S/C14H15Cl2NO3S/c1-14(7-8-21(19,20)9-14)17-12(18)6-5-10-3-2-4-11(15)13(10)16/h2-6H,7-9H2,1H3,(H,17,18)/b6-5+. The van der Waals surface area contributed by atoms with Crippen LogP contribution in [0.25, 0.3) is 6.08 Å². The molecule has 0 radical (unpaired) electrons. The topological polar surface area (TPSA) is 63.2 Å². The number of benzene rings is 1. The number of nitrogens with one attached hydrogen (secondary N) is 1. The largest absolute Gasteiger partial charge is 0.346 e. The molecule has 1 fully saturated rings. The number of halogens is 2. The van der Waals surface area contributed by atoms with Gasteiger partial charge in [0.05, 0.1) is 27.1 Å². The van der Waals surface area contributed by atoms with Crippen LogP contribution in [0.1, 0.15) is 18.9 Å².